The number of aromatic nitrogens is 1. The number of fused-ring (bicyclic) bond motifs is 1. The maximum atomic E-state index is 12.3. The van der Waals surface area contributed by atoms with Crippen molar-refractivity contribution in [2.24, 2.45) is 0 Å². The summed E-state index contributed by atoms with van der Waals surface area (Å²) in [6.07, 6.45) is 2.73. The number of hydrogen-bond donors (Lipinski definition) is 1. The number of furan rings is 1. The van der Waals surface area contributed by atoms with E-state index < -0.39 is 15.9 Å². The van der Waals surface area contributed by atoms with Crippen LogP contribution >= 0.6 is 0 Å². The maximum absolute atomic E-state index is 12.3. The Balaban J connectivity index is 1.36. The second-order valence-corrected chi connectivity index (χ2v) is 9.64. The summed E-state index contributed by atoms with van der Waals surface area (Å²) in [5.74, 6) is 0.350. The number of anilines is 1. The van der Waals surface area contributed by atoms with Gasteiger partial charge in [-0.25, -0.2) is 17.7 Å². The van der Waals surface area contributed by atoms with E-state index in [1.807, 2.05) is 12.1 Å². The normalized spacial score (nSPS) is 13.8. The summed E-state index contributed by atoms with van der Waals surface area (Å²) in [4.78, 5) is 19.1. The highest BCUT2D eigenvalue weighted by Crippen LogP contribution is 2.23. The fourth-order valence-corrected chi connectivity index (χ4v) is 4.22. The van der Waals surface area contributed by atoms with Gasteiger partial charge in [0, 0.05) is 39.9 Å². The number of amides is 1. The Labute approximate surface area is 181 Å². The first-order chi connectivity index (χ1) is 14.8. The molecule has 0 spiro atoms. The number of carbonyl (C=O) groups excluding carboxylic acids is 1. The van der Waals surface area contributed by atoms with Crippen molar-refractivity contribution in [2.45, 2.75) is 24.6 Å². The van der Waals surface area contributed by atoms with E-state index in [1.165, 1.54) is 37.4 Å². The molecule has 2 aromatic heterocycles. The highest BCUT2D eigenvalue weighted by Gasteiger charge is 2.23. The zero-order valence-corrected chi connectivity index (χ0v) is 18.2. The van der Waals surface area contributed by atoms with Crippen LogP contribution in [-0.4, -0.2) is 44.3 Å². The molecule has 162 valence electrons. The van der Waals surface area contributed by atoms with Crippen molar-refractivity contribution >= 4 is 21.7 Å². The van der Waals surface area contributed by atoms with Crippen molar-refractivity contribution in [1.82, 2.24) is 14.6 Å². The van der Waals surface area contributed by atoms with Crippen LogP contribution in [0.1, 0.15) is 27.2 Å². The molecule has 1 N–H and O–H groups in total. The lowest BCUT2D eigenvalue weighted by molar-refractivity contribution is 0.0917. The molecule has 1 aliphatic heterocycles. The zero-order valence-electron chi connectivity index (χ0n) is 17.4. The molecule has 3 aromatic rings. The number of benzene rings is 1. The molecule has 0 bridgehead atoms. The number of hydrogen-bond acceptors (Lipinski definition) is 6. The van der Waals surface area contributed by atoms with Crippen LogP contribution in [0.25, 0.3) is 0 Å². The Hall–Kier alpha value is -3.17. The first-order valence-corrected chi connectivity index (χ1v) is 11.4. The second kappa shape index (κ2) is 8.52. The van der Waals surface area contributed by atoms with E-state index in [2.05, 4.69) is 39.5 Å². The molecule has 0 saturated heterocycles. The lowest BCUT2D eigenvalue weighted by Crippen LogP contribution is -2.31. The highest BCUT2D eigenvalue weighted by molar-refractivity contribution is 7.88. The van der Waals surface area contributed by atoms with E-state index >= 15 is 0 Å². The van der Waals surface area contributed by atoms with Crippen molar-refractivity contribution in [3.8, 4) is 0 Å². The summed E-state index contributed by atoms with van der Waals surface area (Å²) in [5.41, 5.74) is 3.54. The molecule has 4 rings (SSSR count). The molecular weight excluding hydrogens is 416 g/mol. The molecule has 0 saturated carbocycles. The molecule has 1 amide bonds. The van der Waals surface area contributed by atoms with Gasteiger partial charge >= 0.3 is 0 Å². The second-order valence-electron chi connectivity index (χ2n) is 7.55. The highest BCUT2D eigenvalue weighted by atomic mass is 32.2. The van der Waals surface area contributed by atoms with E-state index in [0.717, 1.165) is 35.2 Å². The van der Waals surface area contributed by atoms with Gasteiger partial charge in [0.25, 0.3) is 15.9 Å². The number of pyridine rings is 1. The van der Waals surface area contributed by atoms with Gasteiger partial charge in [-0.1, -0.05) is 30.3 Å². The van der Waals surface area contributed by atoms with Gasteiger partial charge < -0.3 is 14.6 Å². The standard InChI is InChI=1S/C22H24N4O4S/c1-25(2)31(28,29)21-10-8-19(30-21)22(27)24-14-16-7-9-20(23-13-16)26-12-11-17-5-3-4-6-18(17)15-26/h3-10,13H,11-12,14-15H2,1-2H3,(H,24,27). The number of sulfonamides is 1. The first kappa shape index (κ1) is 21.1. The molecular formula is C22H24N4O4S. The predicted octanol–water partition coefficient (Wildman–Crippen LogP) is 2.42. The average molecular weight is 441 g/mol. The number of carbonyl (C=O) groups is 1. The Morgan fingerprint density at radius 1 is 1.13 bits per heavy atom. The lowest BCUT2D eigenvalue weighted by atomic mass is 10.00. The Kier molecular flexibility index (Phi) is 5.79. The van der Waals surface area contributed by atoms with E-state index in [0.29, 0.717) is 0 Å². The third kappa shape index (κ3) is 4.47. The lowest BCUT2D eigenvalue weighted by Gasteiger charge is -2.29. The molecule has 0 fully saturated rings. The van der Waals surface area contributed by atoms with Crippen LogP contribution < -0.4 is 10.2 Å². The quantitative estimate of drug-likeness (QED) is 0.633. The van der Waals surface area contributed by atoms with Gasteiger partial charge in [-0.3, -0.25) is 4.79 Å². The van der Waals surface area contributed by atoms with Gasteiger partial charge in [-0.2, -0.15) is 0 Å². The van der Waals surface area contributed by atoms with Crippen LogP contribution in [0.5, 0.6) is 0 Å². The summed E-state index contributed by atoms with van der Waals surface area (Å²) < 4.78 is 30.4. The molecule has 31 heavy (non-hydrogen) atoms. The van der Waals surface area contributed by atoms with Crippen LogP contribution in [-0.2, 0) is 29.5 Å². The van der Waals surface area contributed by atoms with Gasteiger partial charge in [-0.05, 0) is 41.3 Å². The fourth-order valence-electron chi connectivity index (χ4n) is 3.43. The Bertz CT molecular complexity index is 1190. The monoisotopic (exact) mass is 440 g/mol. The van der Waals surface area contributed by atoms with Crippen molar-refractivity contribution in [3.05, 3.63) is 77.2 Å². The van der Waals surface area contributed by atoms with E-state index in [1.54, 1.807) is 6.20 Å². The van der Waals surface area contributed by atoms with Crippen molar-refractivity contribution < 1.29 is 17.6 Å². The molecule has 0 unspecified atom stereocenters. The van der Waals surface area contributed by atoms with E-state index in [-0.39, 0.29) is 17.4 Å². The maximum Gasteiger partial charge on any atom is 0.287 e. The summed E-state index contributed by atoms with van der Waals surface area (Å²) in [5, 5.41) is 2.46. The molecule has 0 aliphatic carbocycles. The van der Waals surface area contributed by atoms with Crippen molar-refractivity contribution in [1.29, 1.82) is 0 Å². The van der Waals surface area contributed by atoms with Crippen molar-refractivity contribution in [3.63, 3.8) is 0 Å². The van der Waals surface area contributed by atoms with E-state index in [9.17, 15) is 13.2 Å². The summed E-state index contributed by atoms with van der Waals surface area (Å²) in [6, 6.07) is 14.9. The van der Waals surface area contributed by atoms with Gasteiger partial charge in [0.05, 0.1) is 0 Å². The van der Waals surface area contributed by atoms with Gasteiger partial charge in [0.15, 0.2) is 5.76 Å². The van der Waals surface area contributed by atoms with Gasteiger partial charge in [0.1, 0.15) is 5.82 Å². The van der Waals surface area contributed by atoms with Crippen molar-refractivity contribution in [2.75, 3.05) is 25.5 Å². The first-order valence-electron chi connectivity index (χ1n) is 9.92. The third-order valence-electron chi connectivity index (χ3n) is 5.26. The molecule has 0 atom stereocenters. The topological polar surface area (TPSA) is 95.8 Å². The minimum Gasteiger partial charge on any atom is -0.438 e. The van der Waals surface area contributed by atoms with Crippen LogP contribution in [0.15, 0.2) is 64.2 Å². The fraction of sp³-hybridized carbons (Fsp3) is 0.273. The van der Waals surface area contributed by atoms with E-state index in [4.69, 9.17) is 4.42 Å². The smallest absolute Gasteiger partial charge is 0.287 e. The average Bonchev–Trinajstić information content (AvgIpc) is 3.29. The third-order valence-corrected chi connectivity index (χ3v) is 6.95. The molecule has 1 aliphatic rings. The minimum atomic E-state index is -3.72. The number of nitrogens with zero attached hydrogens (tertiary/aromatic N) is 3. The number of rotatable bonds is 6. The summed E-state index contributed by atoms with van der Waals surface area (Å²) in [7, 11) is -0.919. The molecule has 3 heterocycles. The summed E-state index contributed by atoms with van der Waals surface area (Å²) >= 11 is 0. The predicted molar refractivity (Wildman–Crippen MR) is 116 cm³/mol. The SMILES string of the molecule is CN(C)S(=O)(=O)c1ccc(C(=O)NCc2ccc(N3CCc4ccccc4C3)nc2)o1. The summed E-state index contributed by atoms with van der Waals surface area (Å²) in [6.45, 7) is 2.00. The minimum absolute atomic E-state index is 0.0583. The Morgan fingerprint density at radius 2 is 1.90 bits per heavy atom. The largest absolute Gasteiger partial charge is 0.438 e. The number of nitrogens with one attached hydrogen (secondary N) is 1. The Morgan fingerprint density at radius 3 is 2.61 bits per heavy atom. The molecule has 1 aromatic carbocycles. The zero-order chi connectivity index (χ0) is 22.0. The van der Waals surface area contributed by atoms with Crippen LogP contribution in [0.2, 0.25) is 0 Å². The molecule has 9 heteroatoms. The van der Waals surface area contributed by atoms with Gasteiger partial charge in [-0.15, -0.1) is 0 Å². The van der Waals surface area contributed by atoms with Crippen LogP contribution in [0, 0.1) is 0 Å². The van der Waals surface area contributed by atoms with Crippen LogP contribution in [0.3, 0.4) is 0 Å². The van der Waals surface area contributed by atoms with Gasteiger partial charge in [0.2, 0.25) is 5.09 Å². The van der Waals surface area contributed by atoms with Crippen LogP contribution in [0.4, 0.5) is 5.82 Å². The molecule has 8 nitrogen and oxygen atoms in total. The molecule has 0 radical (unpaired) electrons.